The molecule has 8 atom stereocenters. The van der Waals surface area contributed by atoms with E-state index in [1.54, 1.807) is 13.8 Å². The normalized spacial score (nSPS) is 17.0. The molecule has 0 aliphatic carbocycles. The number of aromatic nitrogens is 2. The molecule has 14 N–H and O–H groups in total. The lowest BCUT2D eigenvalue weighted by atomic mass is 10.0. The number of nitrogens with zero attached hydrogens (tertiary/aromatic N) is 2. The highest BCUT2D eigenvalue weighted by Crippen LogP contribution is 2.22. The molecule has 0 radical (unpaired) electrons. The highest BCUT2D eigenvalue weighted by Gasteiger charge is 2.40. The first kappa shape index (κ1) is 49.7. The Labute approximate surface area is 356 Å². The number of nitrogens with one attached hydrogen (secondary N) is 6. The second-order valence-electron chi connectivity index (χ2n) is 15.5. The van der Waals surface area contributed by atoms with E-state index in [9.17, 15) is 63.6 Å². The average Bonchev–Trinajstić information content (AvgIpc) is 3.91. The van der Waals surface area contributed by atoms with Gasteiger partial charge < -0.3 is 68.4 Å². The lowest BCUT2D eigenvalue weighted by Gasteiger charge is -2.31. The van der Waals surface area contributed by atoms with Gasteiger partial charge in [-0.3, -0.25) is 38.4 Å². The standard InChI is InChI=1S/C39H56N10O13/c1-19(2)13-27(47-33(55)24(10-11-30(40)52)44-37(59)32(41)20(3)50)38(60)49-12-4-5-29(49)36(58)46-25(14-21-6-8-23(51)9-7-21)34(56)45-26(16-31(53)54)35(57)48-28(39(61)62)15-22-17-42-18-43-22/h6-9,17-20,24-29,32,50-51H,4-5,10-16,41H2,1-3H3,(H2,40,52)(H,42,43)(H,44,59)(H,45,56)(H,46,58)(H,47,55)(H,48,57)(H,53,54)(H,61,62)/t20-,24+,25+,26+,27+,28+,29+,32+/m1/s1. The summed E-state index contributed by atoms with van der Waals surface area (Å²) in [7, 11) is 0. The van der Waals surface area contributed by atoms with Crippen LogP contribution >= 0.6 is 0 Å². The van der Waals surface area contributed by atoms with Crippen molar-refractivity contribution in [2.75, 3.05) is 6.54 Å². The summed E-state index contributed by atoms with van der Waals surface area (Å²) in [5.74, 6) is -9.46. The largest absolute Gasteiger partial charge is 0.508 e. The van der Waals surface area contributed by atoms with Gasteiger partial charge in [-0.1, -0.05) is 26.0 Å². The predicted octanol–water partition coefficient (Wildman–Crippen LogP) is -3.11. The van der Waals surface area contributed by atoms with E-state index in [0.29, 0.717) is 17.7 Å². The SMILES string of the molecule is CC(C)C[C@H](NC(=O)[C@H](CCC(N)=O)NC(=O)[C@@H](N)[C@@H](C)O)C(=O)N1CCC[C@H]1C(=O)N[C@@H](Cc1ccc(O)cc1)C(=O)N[C@@H](CC(=O)O)C(=O)N[C@@H](Cc1cnc[nH]1)C(=O)O. The number of carboxylic acid groups (broad SMARTS) is 2. The third-order valence-electron chi connectivity index (χ3n) is 9.91. The zero-order valence-corrected chi connectivity index (χ0v) is 34.5. The fourth-order valence-corrected chi connectivity index (χ4v) is 6.60. The van der Waals surface area contributed by atoms with E-state index < -0.39 is 108 Å². The van der Waals surface area contributed by atoms with E-state index in [1.807, 2.05) is 0 Å². The molecule has 23 nitrogen and oxygen atoms in total. The molecular formula is C39H56N10O13. The van der Waals surface area contributed by atoms with Gasteiger partial charge in [-0.15, -0.1) is 0 Å². The van der Waals surface area contributed by atoms with Crippen LogP contribution in [-0.2, 0) is 56.0 Å². The average molecular weight is 873 g/mol. The van der Waals surface area contributed by atoms with Crippen LogP contribution in [0.15, 0.2) is 36.8 Å². The number of aromatic hydroxyl groups is 1. The smallest absolute Gasteiger partial charge is 0.326 e. The lowest BCUT2D eigenvalue weighted by Crippen LogP contribution is -2.60. The van der Waals surface area contributed by atoms with Crippen LogP contribution in [0.5, 0.6) is 5.75 Å². The molecule has 1 aromatic carbocycles. The number of aromatic amines is 1. The summed E-state index contributed by atoms with van der Waals surface area (Å²) < 4.78 is 0. The summed E-state index contributed by atoms with van der Waals surface area (Å²) in [4.78, 5) is 125. The van der Waals surface area contributed by atoms with Crippen LogP contribution in [0.4, 0.5) is 0 Å². The van der Waals surface area contributed by atoms with Gasteiger partial charge in [0.15, 0.2) is 0 Å². The van der Waals surface area contributed by atoms with Crippen molar-refractivity contribution in [3.8, 4) is 5.75 Å². The monoisotopic (exact) mass is 872 g/mol. The molecule has 340 valence electrons. The fraction of sp³-hybridized carbons (Fsp3) is 0.538. The van der Waals surface area contributed by atoms with Crippen LogP contribution < -0.4 is 38.1 Å². The number of benzene rings is 1. The zero-order valence-electron chi connectivity index (χ0n) is 34.5. The summed E-state index contributed by atoms with van der Waals surface area (Å²) in [6.45, 7) is 4.88. The van der Waals surface area contributed by atoms with Crippen LogP contribution in [0.1, 0.15) is 70.6 Å². The van der Waals surface area contributed by atoms with Crippen molar-refractivity contribution in [2.24, 2.45) is 17.4 Å². The Hall–Kier alpha value is -6.62. The molecule has 7 amide bonds. The zero-order chi connectivity index (χ0) is 46.3. The first-order valence-electron chi connectivity index (χ1n) is 19.9. The van der Waals surface area contributed by atoms with Gasteiger partial charge in [0.1, 0.15) is 48.0 Å². The Bertz CT molecular complexity index is 1910. The van der Waals surface area contributed by atoms with Gasteiger partial charge in [-0.25, -0.2) is 9.78 Å². The van der Waals surface area contributed by atoms with E-state index in [-0.39, 0.29) is 56.7 Å². The highest BCUT2D eigenvalue weighted by atomic mass is 16.4. The minimum atomic E-state index is -1.81. The number of carboxylic acids is 2. The minimum absolute atomic E-state index is 0.0610. The summed E-state index contributed by atoms with van der Waals surface area (Å²) >= 11 is 0. The number of likely N-dealkylation sites (tertiary alicyclic amines) is 1. The number of rotatable bonds is 24. The summed E-state index contributed by atoms with van der Waals surface area (Å²) in [6, 6.07) is -4.55. The maximum atomic E-state index is 14.2. The van der Waals surface area contributed by atoms with Crippen LogP contribution in [0.25, 0.3) is 0 Å². The van der Waals surface area contributed by atoms with Crippen LogP contribution in [0.3, 0.4) is 0 Å². The van der Waals surface area contributed by atoms with Gasteiger partial charge in [-0.05, 0) is 56.2 Å². The summed E-state index contributed by atoms with van der Waals surface area (Å²) in [5, 5.41) is 51.1. The molecule has 2 heterocycles. The molecule has 23 heteroatoms. The minimum Gasteiger partial charge on any atom is -0.508 e. The molecule has 1 aliphatic rings. The highest BCUT2D eigenvalue weighted by molar-refractivity contribution is 5.98. The number of nitrogens with two attached hydrogens (primary N) is 2. The van der Waals surface area contributed by atoms with Crippen molar-refractivity contribution in [2.45, 2.75) is 121 Å². The third-order valence-corrected chi connectivity index (χ3v) is 9.91. The molecule has 62 heavy (non-hydrogen) atoms. The van der Waals surface area contributed by atoms with E-state index in [1.165, 1.54) is 48.6 Å². The van der Waals surface area contributed by atoms with Crippen molar-refractivity contribution >= 4 is 53.3 Å². The first-order chi connectivity index (χ1) is 29.2. The Kier molecular flexibility index (Phi) is 18.8. The van der Waals surface area contributed by atoms with Gasteiger partial charge in [0.05, 0.1) is 18.9 Å². The molecule has 0 unspecified atom stereocenters. The van der Waals surface area contributed by atoms with Gasteiger partial charge in [-0.2, -0.15) is 0 Å². The number of phenols is 1. The summed E-state index contributed by atoms with van der Waals surface area (Å²) in [6.07, 6.45) is -0.185. The molecule has 2 aromatic rings. The van der Waals surface area contributed by atoms with Crippen molar-refractivity contribution in [1.82, 2.24) is 41.5 Å². The van der Waals surface area contributed by atoms with Gasteiger partial charge in [0.2, 0.25) is 41.4 Å². The van der Waals surface area contributed by atoms with E-state index in [0.717, 1.165) is 0 Å². The number of imidazole rings is 1. The van der Waals surface area contributed by atoms with Gasteiger partial charge in [0.25, 0.3) is 0 Å². The van der Waals surface area contributed by atoms with Crippen molar-refractivity contribution in [3.63, 3.8) is 0 Å². The number of hydrogen-bond donors (Lipinski definition) is 12. The Balaban J connectivity index is 1.87. The molecule has 1 aromatic heterocycles. The van der Waals surface area contributed by atoms with Crippen molar-refractivity contribution in [1.29, 1.82) is 0 Å². The molecule has 3 rings (SSSR count). The second-order valence-corrected chi connectivity index (χ2v) is 15.5. The summed E-state index contributed by atoms with van der Waals surface area (Å²) in [5.41, 5.74) is 11.8. The molecule has 0 spiro atoms. The van der Waals surface area contributed by atoms with E-state index in [4.69, 9.17) is 11.5 Å². The number of carbonyl (C=O) groups excluding carboxylic acids is 7. The molecular weight excluding hydrogens is 816 g/mol. The number of phenolic OH excluding ortho intramolecular Hbond substituents is 1. The number of carbonyl (C=O) groups is 9. The molecule has 0 bridgehead atoms. The molecule has 0 saturated carbocycles. The maximum absolute atomic E-state index is 14.2. The number of H-pyrrole nitrogens is 1. The van der Waals surface area contributed by atoms with Crippen LogP contribution in [0, 0.1) is 5.92 Å². The number of primary amides is 1. The molecule has 1 fully saturated rings. The molecule has 1 aliphatic heterocycles. The number of aliphatic carboxylic acids is 2. The number of aliphatic hydroxyl groups excluding tert-OH is 1. The van der Waals surface area contributed by atoms with Gasteiger partial charge in [0, 0.05) is 37.7 Å². The Morgan fingerprint density at radius 3 is 1.98 bits per heavy atom. The van der Waals surface area contributed by atoms with Crippen molar-refractivity contribution in [3.05, 3.63) is 48.0 Å². The number of aliphatic hydroxyl groups is 1. The van der Waals surface area contributed by atoms with Crippen molar-refractivity contribution < 1.29 is 63.6 Å². The fourth-order valence-electron chi connectivity index (χ4n) is 6.60. The predicted molar refractivity (Wildman–Crippen MR) is 216 cm³/mol. The molecule has 1 saturated heterocycles. The third kappa shape index (κ3) is 15.4. The van der Waals surface area contributed by atoms with E-state index in [2.05, 4.69) is 36.6 Å². The van der Waals surface area contributed by atoms with E-state index >= 15 is 0 Å². The van der Waals surface area contributed by atoms with Crippen LogP contribution in [-0.4, -0.2) is 144 Å². The lowest BCUT2D eigenvalue weighted by molar-refractivity contribution is -0.144. The maximum Gasteiger partial charge on any atom is 0.326 e. The Morgan fingerprint density at radius 1 is 0.823 bits per heavy atom. The van der Waals surface area contributed by atoms with Gasteiger partial charge >= 0.3 is 11.9 Å². The quantitative estimate of drug-likeness (QED) is 0.0497. The van der Waals surface area contributed by atoms with Crippen LogP contribution in [0.2, 0.25) is 0 Å². The number of amides is 7. The number of hydrogen-bond acceptors (Lipinski definition) is 13. The second kappa shape index (κ2) is 23.4. The first-order valence-corrected chi connectivity index (χ1v) is 19.9. The topological polar surface area (TPSA) is 379 Å². The Morgan fingerprint density at radius 2 is 1.42 bits per heavy atom.